The van der Waals surface area contributed by atoms with E-state index in [4.69, 9.17) is 0 Å². The Bertz CT molecular complexity index is 1110. The lowest BCUT2D eigenvalue weighted by Crippen LogP contribution is -2.44. The van der Waals surface area contributed by atoms with E-state index in [0.717, 1.165) is 29.7 Å². The van der Waals surface area contributed by atoms with Gasteiger partial charge in [-0.15, -0.1) is 0 Å². The summed E-state index contributed by atoms with van der Waals surface area (Å²) in [4.78, 5) is 27.3. The van der Waals surface area contributed by atoms with E-state index in [1.165, 1.54) is 18.0 Å². The van der Waals surface area contributed by atoms with Crippen LogP contribution in [0.4, 0.5) is 5.69 Å². The highest BCUT2D eigenvalue weighted by Crippen LogP contribution is 2.25. The van der Waals surface area contributed by atoms with Crippen molar-refractivity contribution in [2.24, 2.45) is 5.92 Å². The predicted molar refractivity (Wildman–Crippen MR) is 119 cm³/mol. The van der Waals surface area contributed by atoms with Crippen LogP contribution < -0.4 is 10.0 Å². The number of nitrogens with zero attached hydrogens (tertiary/aromatic N) is 2. The monoisotopic (exact) mass is 415 g/mol. The second kappa shape index (κ2) is 9.00. The lowest BCUT2D eigenvalue weighted by Gasteiger charge is -2.32. The van der Waals surface area contributed by atoms with Gasteiger partial charge in [0.1, 0.15) is 5.56 Å². The summed E-state index contributed by atoms with van der Waals surface area (Å²) in [5.74, 6) is -0.599. The molecule has 1 aromatic heterocycles. The molecule has 6 nitrogen and oxygen atoms in total. The Morgan fingerprint density at radius 1 is 1.06 bits per heavy atom. The predicted octanol–water partition coefficient (Wildman–Crippen LogP) is 3.79. The number of pyridine rings is 1. The minimum atomic E-state index is -0.289. The first-order chi connectivity index (χ1) is 15.0. The van der Waals surface area contributed by atoms with E-state index >= 15 is 0 Å². The first-order valence-corrected chi connectivity index (χ1v) is 10.5. The first-order valence-electron chi connectivity index (χ1n) is 10.5. The fourth-order valence-corrected chi connectivity index (χ4v) is 3.98. The van der Waals surface area contributed by atoms with Gasteiger partial charge in [-0.2, -0.15) is 4.73 Å². The molecule has 1 aliphatic rings. The zero-order chi connectivity index (χ0) is 21.8. The molecular formula is C25H25N3O3. The highest BCUT2D eigenvalue weighted by atomic mass is 16.5. The quantitative estimate of drug-likeness (QED) is 0.520. The number of hydrogen-bond acceptors (Lipinski definition) is 3. The number of aryl methyl sites for hydroxylation is 1. The fourth-order valence-electron chi connectivity index (χ4n) is 3.98. The van der Waals surface area contributed by atoms with E-state index in [0.29, 0.717) is 23.4 Å². The third-order valence-corrected chi connectivity index (χ3v) is 5.58. The van der Waals surface area contributed by atoms with Crippen LogP contribution in [-0.4, -0.2) is 29.8 Å². The van der Waals surface area contributed by atoms with Crippen LogP contribution in [0.5, 0.6) is 0 Å². The molecule has 1 fully saturated rings. The summed E-state index contributed by atoms with van der Waals surface area (Å²) in [5.41, 5.74) is 4.40. The van der Waals surface area contributed by atoms with Crippen LogP contribution >= 0.6 is 0 Å². The molecule has 158 valence electrons. The zero-order valence-corrected chi connectivity index (χ0v) is 17.5. The molecule has 0 saturated carbocycles. The fraction of sp³-hybridized carbons (Fsp3) is 0.240. The minimum absolute atomic E-state index is 0.0918. The van der Waals surface area contributed by atoms with Crippen LogP contribution in [0.15, 0.2) is 73.1 Å². The number of rotatable bonds is 4. The van der Waals surface area contributed by atoms with Gasteiger partial charge in [-0.05, 0) is 49.1 Å². The van der Waals surface area contributed by atoms with Crippen molar-refractivity contribution in [1.82, 2.24) is 4.90 Å². The van der Waals surface area contributed by atoms with Gasteiger partial charge in [0.05, 0.1) is 5.92 Å². The maximum atomic E-state index is 12.9. The number of benzene rings is 2. The second-order valence-electron chi connectivity index (χ2n) is 7.98. The van der Waals surface area contributed by atoms with Crippen molar-refractivity contribution in [1.29, 1.82) is 0 Å². The molecule has 0 aliphatic carbocycles. The van der Waals surface area contributed by atoms with Crippen molar-refractivity contribution in [3.05, 3.63) is 89.4 Å². The standard InChI is InChI=1S/C25H25N3O3/c1-18-6-2-7-19(14-18)20-8-3-11-23(15-20)26-24(29)21-9-4-12-27(16-21)25(30)22-10-5-13-28(31)17-22/h2-3,5-8,10-11,13-15,17,21H,4,9,12,16H2,1H3,(H,26,29)/t21-/m1/s1. The number of carbonyl (C=O) groups is 2. The van der Waals surface area contributed by atoms with Crippen molar-refractivity contribution in [3.8, 4) is 11.1 Å². The molecule has 6 heteroatoms. The maximum Gasteiger partial charge on any atom is 0.259 e. The molecule has 0 unspecified atom stereocenters. The average molecular weight is 415 g/mol. The van der Waals surface area contributed by atoms with Crippen LogP contribution in [0.3, 0.4) is 0 Å². The molecular weight excluding hydrogens is 390 g/mol. The van der Waals surface area contributed by atoms with E-state index in [1.807, 2.05) is 36.4 Å². The SMILES string of the molecule is Cc1cccc(-c2cccc(NC(=O)[C@@H]3CCCN(C(=O)c4ccc[n+]([O-])c4)C3)c2)c1. The number of amides is 2. The lowest BCUT2D eigenvalue weighted by atomic mass is 9.96. The molecule has 2 aromatic carbocycles. The van der Waals surface area contributed by atoms with Gasteiger partial charge in [-0.25, -0.2) is 0 Å². The summed E-state index contributed by atoms with van der Waals surface area (Å²) >= 11 is 0. The Morgan fingerprint density at radius 3 is 2.61 bits per heavy atom. The van der Waals surface area contributed by atoms with Crippen LogP contribution in [-0.2, 0) is 4.79 Å². The largest absolute Gasteiger partial charge is 0.619 e. The minimum Gasteiger partial charge on any atom is -0.619 e. The summed E-state index contributed by atoms with van der Waals surface area (Å²) < 4.78 is 0.614. The lowest BCUT2D eigenvalue weighted by molar-refractivity contribution is -0.605. The molecule has 2 heterocycles. The summed E-state index contributed by atoms with van der Waals surface area (Å²) in [6.45, 7) is 2.98. The van der Waals surface area contributed by atoms with Crippen LogP contribution in [0, 0.1) is 18.0 Å². The van der Waals surface area contributed by atoms with Gasteiger partial charge in [0, 0.05) is 24.8 Å². The topological polar surface area (TPSA) is 76.4 Å². The number of piperidine rings is 1. The van der Waals surface area contributed by atoms with E-state index in [9.17, 15) is 14.8 Å². The van der Waals surface area contributed by atoms with Gasteiger partial charge in [0.15, 0.2) is 12.4 Å². The van der Waals surface area contributed by atoms with Gasteiger partial charge in [-0.3, -0.25) is 9.59 Å². The van der Waals surface area contributed by atoms with Crippen molar-refractivity contribution >= 4 is 17.5 Å². The Balaban J connectivity index is 1.44. The Kier molecular flexibility index (Phi) is 5.98. The van der Waals surface area contributed by atoms with E-state index in [2.05, 4.69) is 24.4 Å². The van der Waals surface area contributed by atoms with Gasteiger partial charge >= 0.3 is 0 Å². The van der Waals surface area contributed by atoms with E-state index in [1.54, 1.807) is 17.0 Å². The van der Waals surface area contributed by atoms with Crippen LogP contribution in [0.1, 0.15) is 28.8 Å². The number of likely N-dealkylation sites (tertiary alicyclic amines) is 1. The van der Waals surface area contributed by atoms with Gasteiger partial charge in [0.2, 0.25) is 5.91 Å². The molecule has 4 rings (SSSR count). The molecule has 1 aliphatic heterocycles. The molecule has 2 amide bonds. The summed E-state index contributed by atoms with van der Waals surface area (Å²) in [7, 11) is 0. The van der Waals surface area contributed by atoms with Crippen molar-refractivity contribution < 1.29 is 14.3 Å². The third-order valence-electron chi connectivity index (χ3n) is 5.58. The average Bonchev–Trinajstić information content (AvgIpc) is 2.79. The smallest absolute Gasteiger partial charge is 0.259 e. The van der Waals surface area contributed by atoms with Crippen molar-refractivity contribution in [3.63, 3.8) is 0 Å². The summed E-state index contributed by atoms with van der Waals surface area (Å²) in [6.07, 6.45) is 4.08. The summed E-state index contributed by atoms with van der Waals surface area (Å²) in [5, 5.41) is 14.5. The first kappa shape index (κ1) is 20.6. The molecule has 31 heavy (non-hydrogen) atoms. The Hall–Kier alpha value is -3.67. The van der Waals surface area contributed by atoms with E-state index < -0.39 is 0 Å². The number of aromatic nitrogens is 1. The Morgan fingerprint density at radius 2 is 1.84 bits per heavy atom. The van der Waals surface area contributed by atoms with Gasteiger partial charge in [0.25, 0.3) is 5.91 Å². The molecule has 0 radical (unpaired) electrons. The highest BCUT2D eigenvalue weighted by Gasteiger charge is 2.29. The number of hydrogen-bond donors (Lipinski definition) is 1. The number of nitrogens with one attached hydrogen (secondary N) is 1. The molecule has 0 bridgehead atoms. The van der Waals surface area contributed by atoms with Crippen molar-refractivity contribution in [2.75, 3.05) is 18.4 Å². The normalized spacial score (nSPS) is 16.0. The van der Waals surface area contributed by atoms with E-state index in [-0.39, 0.29) is 17.7 Å². The molecule has 3 aromatic rings. The molecule has 0 spiro atoms. The highest BCUT2D eigenvalue weighted by molar-refractivity contribution is 5.96. The Labute approximate surface area is 181 Å². The second-order valence-corrected chi connectivity index (χ2v) is 7.98. The molecule has 1 atom stereocenters. The third kappa shape index (κ3) is 4.91. The molecule has 1 N–H and O–H groups in total. The maximum absolute atomic E-state index is 12.9. The van der Waals surface area contributed by atoms with Gasteiger partial charge < -0.3 is 15.4 Å². The van der Waals surface area contributed by atoms with Crippen LogP contribution in [0.2, 0.25) is 0 Å². The number of carbonyl (C=O) groups excluding carboxylic acids is 2. The number of anilines is 1. The van der Waals surface area contributed by atoms with Gasteiger partial charge in [-0.1, -0.05) is 42.0 Å². The van der Waals surface area contributed by atoms with Crippen molar-refractivity contribution in [2.45, 2.75) is 19.8 Å². The van der Waals surface area contributed by atoms with Crippen LogP contribution in [0.25, 0.3) is 11.1 Å². The zero-order valence-electron chi connectivity index (χ0n) is 17.5. The molecule has 1 saturated heterocycles. The summed E-state index contributed by atoms with van der Waals surface area (Å²) in [6, 6.07) is 19.2.